The summed E-state index contributed by atoms with van der Waals surface area (Å²) in [5.41, 5.74) is 6.99. The number of hydrogen-bond acceptors (Lipinski definition) is 3. The summed E-state index contributed by atoms with van der Waals surface area (Å²) < 4.78 is 0.862. The molecule has 0 aromatic carbocycles. The largest absolute Gasteiger partial charge is 0.369 e. The Morgan fingerprint density at radius 1 is 1.56 bits per heavy atom. The SMILES string of the molecule is Nc1ncc(CCCNC(=O)c2cc(Br)c[nH]2)[nH]1. The summed E-state index contributed by atoms with van der Waals surface area (Å²) >= 11 is 3.28. The van der Waals surface area contributed by atoms with Crippen LogP contribution in [0.1, 0.15) is 22.6 Å². The van der Waals surface area contributed by atoms with Crippen LogP contribution in [0, 0.1) is 0 Å². The predicted octanol–water partition coefficient (Wildman–Crippen LogP) is 1.45. The van der Waals surface area contributed by atoms with Crippen LogP contribution in [-0.4, -0.2) is 27.4 Å². The molecule has 0 saturated carbocycles. The molecule has 0 spiro atoms. The number of hydrogen-bond donors (Lipinski definition) is 4. The fourth-order valence-corrected chi connectivity index (χ4v) is 1.92. The highest BCUT2D eigenvalue weighted by Gasteiger charge is 2.06. The highest BCUT2D eigenvalue weighted by molar-refractivity contribution is 9.10. The van der Waals surface area contributed by atoms with E-state index in [-0.39, 0.29) is 5.91 Å². The molecule has 0 saturated heterocycles. The zero-order valence-electron chi connectivity index (χ0n) is 9.66. The topological polar surface area (TPSA) is 99.6 Å². The molecule has 1 amide bonds. The minimum Gasteiger partial charge on any atom is -0.369 e. The first kappa shape index (κ1) is 12.7. The molecule has 0 aliphatic carbocycles. The van der Waals surface area contributed by atoms with Crippen molar-refractivity contribution in [2.75, 3.05) is 12.3 Å². The van der Waals surface area contributed by atoms with Crippen molar-refractivity contribution in [1.82, 2.24) is 20.3 Å². The molecule has 2 aromatic rings. The van der Waals surface area contributed by atoms with Crippen molar-refractivity contribution in [2.45, 2.75) is 12.8 Å². The second kappa shape index (κ2) is 5.72. The number of anilines is 1. The number of imidazole rings is 1. The summed E-state index contributed by atoms with van der Waals surface area (Å²) in [5, 5.41) is 2.83. The monoisotopic (exact) mass is 311 g/mol. The van der Waals surface area contributed by atoms with E-state index in [1.54, 1.807) is 18.5 Å². The Bertz CT molecular complexity index is 533. The molecule has 0 atom stereocenters. The predicted molar refractivity (Wildman–Crippen MR) is 72.1 cm³/mol. The van der Waals surface area contributed by atoms with Crippen molar-refractivity contribution >= 4 is 27.8 Å². The Hall–Kier alpha value is -1.76. The average molecular weight is 312 g/mol. The lowest BCUT2D eigenvalue weighted by Gasteiger charge is -2.02. The number of aromatic amines is 2. The lowest BCUT2D eigenvalue weighted by atomic mass is 10.2. The Kier molecular flexibility index (Phi) is 4.03. The van der Waals surface area contributed by atoms with Crippen molar-refractivity contribution in [3.63, 3.8) is 0 Å². The third-order valence-electron chi connectivity index (χ3n) is 2.45. The number of H-pyrrole nitrogens is 2. The van der Waals surface area contributed by atoms with Gasteiger partial charge in [0.15, 0.2) is 5.95 Å². The lowest BCUT2D eigenvalue weighted by molar-refractivity contribution is 0.0949. The van der Waals surface area contributed by atoms with Crippen LogP contribution in [0.3, 0.4) is 0 Å². The number of carbonyl (C=O) groups is 1. The molecule has 0 aliphatic heterocycles. The van der Waals surface area contributed by atoms with E-state index in [9.17, 15) is 4.79 Å². The number of carbonyl (C=O) groups excluding carboxylic acids is 1. The Morgan fingerprint density at radius 2 is 2.39 bits per heavy atom. The van der Waals surface area contributed by atoms with Gasteiger partial charge >= 0.3 is 0 Å². The fourth-order valence-electron chi connectivity index (χ4n) is 1.58. The van der Waals surface area contributed by atoms with E-state index in [1.165, 1.54) is 0 Å². The highest BCUT2D eigenvalue weighted by Crippen LogP contribution is 2.10. The number of nitrogens with one attached hydrogen (secondary N) is 3. The molecule has 96 valence electrons. The van der Waals surface area contributed by atoms with Crippen LogP contribution in [-0.2, 0) is 6.42 Å². The molecule has 0 fully saturated rings. The fraction of sp³-hybridized carbons (Fsp3) is 0.273. The summed E-state index contributed by atoms with van der Waals surface area (Å²) in [7, 11) is 0. The molecule has 18 heavy (non-hydrogen) atoms. The van der Waals surface area contributed by atoms with Gasteiger partial charge in [0.2, 0.25) is 0 Å². The van der Waals surface area contributed by atoms with Gasteiger partial charge in [-0.1, -0.05) is 0 Å². The van der Waals surface area contributed by atoms with E-state index in [2.05, 4.69) is 36.2 Å². The molecule has 5 N–H and O–H groups in total. The van der Waals surface area contributed by atoms with Crippen molar-refractivity contribution in [2.24, 2.45) is 0 Å². The summed E-state index contributed by atoms with van der Waals surface area (Å²) in [5.74, 6) is 0.315. The second-order valence-corrected chi connectivity index (χ2v) is 4.80. The molecule has 0 aliphatic rings. The number of aryl methyl sites for hydroxylation is 1. The van der Waals surface area contributed by atoms with Gasteiger partial charge in [0.1, 0.15) is 5.69 Å². The van der Waals surface area contributed by atoms with Crippen LogP contribution in [0.4, 0.5) is 5.95 Å². The van der Waals surface area contributed by atoms with E-state index in [1.807, 2.05) is 0 Å². The smallest absolute Gasteiger partial charge is 0.267 e. The maximum Gasteiger partial charge on any atom is 0.267 e. The van der Waals surface area contributed by atoms with Crippen LogP contribution in [0.15, 0.2) is 22.9 Å². The number of halogens is 1. The van der Waals surface area contributed by atoms with E-state index < -0.39 is 0 Å². The molecule has 0 unspecified atom stereocenters. The van der Waals surface area contributed by atoms with Crippen LogP contribution >= 0.6 is 15.9 Å². The summed E-state index contributed by atoms with van der Waals surface area (Å²) in [6.07, 6.45) is 5.07. The summed E-state index contributed by atoms with van der Waals surface area (Å²) in [4.78, 5) is 21.4. The number of rotatable bonds is 5. The van der Waals surface area contributed by atoms with Crippen molar-refractivity contribution < 1.29 is 4.79 Å². The van der Waals surface area contributed by atoms with Crippen LogP contribution in [0.5, 0.6) is 0 Å². The molecule has 7 heteroatoms. The number of amides is 1. The van der Waals surface area contributed by atoms with Crippen molar-refractivity contribution in [3.8, 4) is 0 Å². The zero-order chi connectivity index (χ0) is 13.0. The van der Waals surface area contributed by atoms with Gasteiger partial charge in [-0.2, -0.15) is 0 Å². The van der Waals surface area contributed by atoms with Crippen molar-refractivity contribution in [3.05, 3.63) is 34.3 Å². The zero-order valence-corrected chi connectivity index (χ0v) is 11.3. The summed E-state index contributed by atoms with van der Waals surface area (Å²) in [6, 6.07) is 1.74. The van der Waals surface area contributed by atoms with Gasteiger partial charge in [-0.3, -0.25) is 4.79 Å². The molecule has 6 nitrogen and oxygen atoms in total. The first-order chi connectivity index (χ1) is 8.65. The molecule has 0 bridgehead atoms. The van der Waals surface area contributed by atoms with E-state index >= 15 is 0 Å². The van der Waals surface area contributed by atoms with Gasteiger partial charge in [-0.25, -0.2) is 4.98 Å². The Morgan fingerprint density at radius 3 is 3.00 bits per heavy atom. The number of aromatic nitrogens is 3. The van der Waals surface area contributed by atoms with Gasteiger partial charge in [0.05, 0.1) is 6.20 Å². The van der Waals surface area contributed by atoms with Gasteiger partial charge < -0.3 is 21.0 Å². The van der Waals surface area contributed by atoms with E-state index in [4.69, 9.17) is 5.73 Å². The van der Waals surface area contributed by atoms with Gasteiger partial charge in [-0.15, -0.1) is 0 Å². The molecule has 2 aromatic heterocycles. The minimum atomic E-state index is -0.107. The van der Waals surface area contributed by atoms with Crippen LogP contribution in [0.25, 0.3) is 0 Å². The van der Waals surface area contributed by atoms with E-state index in [0.29, 0.717) is 18.2 Å². The quantitative estimate of drug-likeness (QED) is 0.629. The second-order valence-electron chi connectivity index (χ2n) is 3.88. The molecule has 2 rings (SSSR count). The molecule has 0 radical (unpaired) electrons. The Balaban J connectivity index is 1.71. The number of nitrogens with two attached hydrogens (primary N) is 1. The molecule has 2 heterocycles. The maximum atomic E-state index is 11.7. The minimum absolute atomic E-state index is 0.107. The first-order valence-corrected chi connectivity index (χ1v) is 6.36. The van der Waals surface area contributed by atoms with Gasteiger partial charge in [0.25, 0.3) is 5.91 Å². The van der Waals surface area contributed by atoms with E-state index in [0.717, 1.165) is 23.0 Å². The normalized spacial score (nSPS) is 10.5. The highest BCUT2D eigenvalue weighted by atomic mass is 79.9. The average Bonchev–Trinajstić information content (AvgIpc) is 2.93. The standard InChI is InChI=1S/C11H14BrN5O/c12-7-4-9(15-5-7)10(18)14-3-1-2-8-6-16-11(13)17-8/h4-6,15H,1-3H2,(H,14,18)(H3,13,16,17). The third-order valence-corrected chi connectivity index (χ3v) is 2.91. The Labute approximate surface area is 113 Å². The van der Waals surface area contributed by atoms with Crippen LogP contribution in [0.2, 0.25) is 0 Å². The molecular formula is C11H14BrN5O. The third kappa shape index (κ3) is 3.36. The summed E-state index contributed by atoms with van der Waals surface area (Å²) in [6.45, 7) is 0.606. The van der Waals surface area contributed by atoms with Gasteiger partial charge in [-0.05, 0) is 34.8 Å². The lowest BCUT2D eigenvalue weighted by Crippen LogP contribution is -2.25. The molecular weight excluding hydrogens is 298 g/mol. The van der Waals surface area contributed by atoms with Crippen LogP contribution < -0.4 is 11.1 Å². The first-order valence-electron chi connectivity index (χ1n) is 5.56. The maximum absolute atomic E-state index is 11.7. The van der Waals surface area contributed by atoms with Gasteiger partial charge in [0, 0.05) is 22.9 Å². The number of nitrogen functional groups attached to an aromatic ring is 1. The van der Waals surface area contributed by atoms with Crippen molar-refractivity contribution in [1.29, 1.82) is 0 Å². The number of nitrogens with zero attached hydrogens (tertiary/aromatic N) is 1.